The highest BCUT2D eigenvalue weighted by molar-refractivity contribution is 6.25. The highest BCUT2D eigenvalue weighted by atomic mass is 15.0. The third kappa shape index (κ3) is 4.77. The highest BCUT2D eigenvalue weighted by Crippen LogP contribution is 2.42. The molecule has 2 heteroatoms. The number of hydrogen-bond acceptors (Lipinski definition) is 1. The van der Waals surface area contributed by atoms with Crippen molar-refractivity contribution in [3.05, 3.63) is 194 Å². The summed E-state index contributed by atoms with van der Waals surface area (Å²) in [6.45, 7) is 0. The van der Waals surface area contributed by atoms with E-state index in [-0.39, 0.29) is 0 Å². The Morgan fingerprint density at radius 1 is 0.340 bits per heavy atom. The molecule has 0 atom stereocenters. The first-order valence-electron chi connectivity index (χ1n) is 18.2. The Hall–Kier alpha value is -7.03. The van der Waals surface area contributed by atoms with Gasteiger partial charge in [0, 0.05) is 32.8 Å². The maximum absolute atomic E-state index is 5.35. The molecule has 0 radical (unpaired) electrons. The van der Waals surface area contributed by atoms with Crippen molar-refractivity contribution in [2.24, 2.45) is 0 Å². The van der Waals surface area contributed by atoms with Crippen LogP contribution >= 0.6 is 0 Å². The topological polar surface area (TPSA) is 17.8 Å². The van der Waals surface area contributed by atoms with Gasteiger partial charge in [-0.15, -0.1) is 0 Å². The second-order valence-corrected chi connectivity index (χ2v) is 14.0. The van der Waals surface area contributed by atoms with Crippen molar-refractivity contribution in [2.45, 2.75) is 0 Å². The molecular weight excluding hydrogens is 641 g/mol. The van der Waals surface area contributed by atoms with E-state index < -0.39 is 0 Å². The smallest absolute Gasteiger partial charge is 0.0809 e. The van der Waals surface area contributed by atoms with Crippen molar-refractivity contribution < 1.29 is 0 Å². The summed E-state index contributed by atoms with van der Waals surface area (Å²) >= 11 is 0. The summed E-state index contributed by atoms with van der Waals surface area (Å²) in [5, 5.41) is 11.0. The predicted molar refractivity (Wildman–Crippen MR) is 225 cm³/mol. The fraction of sp³-hybridized carbons (Fsp3) is 0. The SMILES string of the molecule is c1ccc(-c2nc3ccccc3c3ccc4c5ccccc5n(-c5cccc(-c6ccc7cc(-c8ccc9ccccc9c8)ccc7c6)c5)c4c23)cc1. The normalized spacial score (nSPS) is 11.8. The van der Waals surface area contributed by atoms with Gasteiger partial charge in [0.15, 0.2) is 0 Å². The van der Waals surface area contributed by atoms with E-state index >= 15 is 0 Å². The van der Waals surface area contributed by atoms with Crippen molar-refractivity contribution in [1.29, 1.82) is 0 Å². The van der Waals surface area contributed by atoms with Crippen LogP contribution in [0.15, 0.2) is 194 Å². The number of rotatable bonds is 4. The highest BCUT2D eigenvalue weighted by Gasteiger charge is 2.20. The van der Waals surface area contributed by atoms with Gasteiger partial charge in [0.2, 0.25) is 0 Å². The van der Waals surface area contributed by atoms with Gasteiger partial charge in [0.05, 0.1) is 22.2 Å². The zero-order valence-corrected chi connectivity index (χ0v) is 28.9. The molecule has 0 N–H and O–H groups in total. The van der Waals surface area contributed by atoms with Gasteiger partial charge in [-0.2, -0.15) is 0 Å². The number of nitrogens with zero attached hydrogens (tertiary/aromatic N) is 2. The summed E-state index contributed by atoms with van der Waals surface area (Å²) in [5.74, 6) is 0. The molecule has 246 valence electrons. The Morgan fingerprint density at radius 3 is 1.68 bits per heavy atom. The first-order valence-corrected chi connectivity index (χ1v) is 18.2. The lowest BCUT2D eigenvalue weighted by atomic mass is 9.96. The molecule has 9 aromatic carbocycles. The van der Waals surface area contributed by atoms with Gasteiger partial charge in [0.1, 0.15) is 0 Å². The Bertz CT molecular complexity index is 3220. The summed E-state index contributed by atoms with van der Waals surface area (Å²) in [5.41, 5.74) is 11.4. The monoisotopic (exact) mass is 672 g/mol. The maximum Gasteiger partial charge on any atom is 0.0809 e. The lowest BCUT2D eigenvalue weighted by Gasteiger charge is -2.15. The third-order valence-electron chi connectivity index (χ3n) is 10.9. The molecule has 2 heterocycles. The first-order chi connectivity index (χ1) is 26.3. The van der Waals surface area contributed by atoms with Crippen LogP contribution in [-0.2, 0) is 0 Å². The van der Waals surface area contributed by atoms with E-state index in [1.807, 2.05) is 0 Å². The number of aromatic nitrogens is 2. The quantitative estimate of drug-likeness (QED) is 0.170. The van der Waals surface area contributed by atoms with E-state index in [0.717, 1.165) is 27.8 Å². The molecule has 0 unspecified atom stereocenters. The molecule has 0 bridgehead atoms. The first kappa shape index (κ1) is 29.7. The maximum atomic E-state index is 5.35. The van der Waals surface area contributed by atoms with Crippen LogP contribution in [0, 0.1) is 0 Å². The summed E-state index contributed by atoms with van der Waals surface area (Å²) in [6.07, 6.45) is 0. The van der Waals surface area contributed by atoms with Crippen LogP contribution < -0.4 is 0 Å². The molecule has 0 aliphatic rings. The number of para-hydroxylation sites is 2. The number of fused-ring (bicyclic) bond motifs is 9. The molecule has 2 aromatic heterocycles. The predicted octanol–water partition coefficient (Wildman–Crippen LogP) is 13.8. The van der Waals surface area contributed by atoms with Gasteiger partial charge in [-0.1, -0.05) is 152 Å². The van der Waals surface area contributed by atoms with E-state index in [1.165, 1.54) is 76.4 Å². The standard InChI is InChI=1S/C51H32N2/c1-2-12-34(13-3-1)50-49-45(43-17-6-8-19-47(43)52-50)27-28-46-44-18-7-9-20-48(44)53(51(46)49)42-16-10-15-36(32-42)37-23-24-41-31-40(26-25-39(41)30-37)38-22-21-33-11-4-5-14-35(33)29-38/h1-32H. The number of pyridine rings is 1. The Balaban J connectivity index is 1.10. The number of hydrogen-bond donors (Lipinski definition) is 0. The van der Waals surface area contributed by atoms with Crippen molar-refractivity contribution in [1.82, 2.24) is 9.55 Å². The van der Waals surface area contributed by atoms with Crippen molar-refractivity contribution >= 4 is 65.0 Å². The minimum atomic E-state index is 1.00. The Morgan fingerprint density at radius 2 is 0.906 bits per heavy atom. The van der Waals surface area contributed by atoms with Crippen molar-refractivity contribution in [3.8, 4) is 39.2 Å². The fourth-order valence-corrected chi connectivity index (χ4v) is 8.37. The summed E-state index contributed by atoms with van der Waals surface area (Å²) in [4.78, 5) is 5.35. The molecule has 11 aromatic rings. The van der Waals surface area contributed by atoms with E-state index in [9.17, 15) is 0 Å². The fourth-order valence-electron chi connectivity index (χ4n) is 8.37. The molecule has 53 heavy (non-hydrogen) atoms. The molecule has 0 aliphatic heterocycles. The van der Waals surface area contributed by atoms with Crippen LogP contribution in [0.4, 0.5) is 0 Å². The molecule has 11 rings (SSSR count). The average molecular weight is 673 g/mol. The van der Waals surface area contributed by atoms with E-state index in [2.05, 4.69) is 199 Å². The molecule has 0 amide bonds. The van der Waals surface area contributed by atoms with Gasteiger partial charge in [0.25, 0.3) is 0 Å². The average Bonchev–Trinajstić information content (AvgIpc) is 3.58. The van der Waals surface area contributed by atoms with Gasteiger partial charge in [-0.25, -0.2) is 4.98 Å². The number of benzene rings is 9. The Labute approximate surface area is 306 Å². The zero-order valence-electron chi connectivity index (χ0n) is 28.9. The zero-order chi connectivity index (χ0) is 34.9. The van der Waals surface area contributed by atoms with Crippen LogP contribution in [0.1, 0.15) is 0 Å². The molecular formula is C51H32N2. The molecule has 0 aliphatic carbocycles. The summed E-state index contributed by atoms with van der Waals surface area (Å²) in [7, 11) is 0. The van der Waals surface area contributed by atoms with Crippen LogP contribution in [-0.4, -0.2) is 9.55 Å². The third-order valence-corrected chi connectivity index (χ3v) is 10.9. The molecule has 0 fully saturated rings. The van der Waals surface area contributed by atoms with E-state index in [0.29, 0.717) is 0 Å². The van der Waals surface area contributed by atoms with Crippen LogP contribution in [0.2, 0.25) is 0 Å². The largest absolute Gasteiger partial charge is 0.309 e. The minimum Gasteiger partial charge on any atom is -0.309 e. The van der Waals surface area contributed by atoms with Gasteiger partial charge >= 0.3 is 0 Å². The van der Waals surface area contributed by atoms with E-state index in [4.69, 9.17) is 4.98 Å². The van der Waals surface area contributed by atoms with Crippen LogP contribution in [0.5, 0.6) is 0 Å². The van der Waals surface area contributed by atoms with Crippen molar-refractivity contribution in [2.75, 3.05) is 0 Å². The van der Waals surface area contributed by atoms with Gasteiger partial charge in [-0.3, -0.25) is 0 Å². The molecule has 0 saturated carbocycles. The van der Waals surface area contributed by atoms with Gasteiger partial charge in [-0.05, 0) is 91.6 Å². The second-order valence-electron chi connectivity index (χ2n) is 14.0. The molecule has 2 nitrogen and oxygen atoms in total. The van der Waals surface area contributed by atoms with Crippen LogP contribution in [0.3, 0.4) is 0 Å². The second kappa shape index (κ2) is 11.8. The summed E-state index contributed by atoms with van der Waals surface area (Å²) in [6, 6.07) is 70.4. The summed E-state index contributed by atoms with van der Waals surface area (Å²) < 4.78 is 2.45. The van der Waals surface area contributed by atoms with Crippen molar-refractivity contribution in [3.63, 3.8) is 0 Å². The van der Waals surface area contributed by atoms with Gasteiger partial charge < -0.3 is 4.57 Å². The minimum absolute atomic E-state index is 1.00. The lowest BCUT2D eigenvalue weighted by molar-refractivity contribution is 1.19. The van der Waals surface area contributed by atoms with E-state index in [1.54, 1.807) is 0 Å². The molecule has 0 spiro atoms. The molecule has 0 saturated heterocycles. The van der Waals surface area contributed by atoms with Crippen LogP contribution in [0.25, 0.3) is 104 Å². The Kier molecular flexibility index (Phi) is 6.59. The lowest BCUT2D eigenvalue weighted by Crippen LogP contribution is -1.97.